The summed E-state index contributed by atoms with van der Waals surface area (Å²) in [6, 6.07) is 3.72. The molecule has 1 aromatic heterocycles. The highest BCUT2D eigenvalue weighted by Gasteiger charge is 2.57. The van der Waals surface area contributed by atoms with Gasteiger partial charge in [0.1, 0.15) is 11.9 Å². The summed E-state index contributed by atoms with van der Waals surface area (Å²) in [4.78, 5) is 28.0. The molecule has 1 saturated heterocycles. The molecule has 28 heavy (non-hydrogen) atoms. The topological polar surface area (TPSA) is 83.2 Å². The van der Waals surface area contributed by atoms with E-state index in [0.717, 1.165) is 43.3 Å². The van der Waals surface area contributed by atoms with Gasteiger partial charge in [-0.05, 0) is 61.5 Å². The Kier molecular flexibility index (Phi) is 5.95. The van der Waals surface area contributed by atoms with Crippen LogP contribution in [0, 0.1) is 17.2 Å². The molecule has 0 bridgehead atoms. The van der Waals surface area contributed by atoms with E-state index in [1.165, 1.54) is 19.2 Å². The van der Waals surface area contributed by atoms with Crippen molar-refractivity contribution in [1.82, 2.24) is 15.6 Å². The average molecular weight is 410 g/mol. The number of fused-ring (bicyclic) bond motifs is 1. The third-order valence-corrected chi connectivity index (χ3v) is 6.06. The number of piperidine rings is 1. The van der Waals surface area contributed by atoms with Crippen LogP contribution in [0.2, 0.25) is 0 Å². The molecule has 2 atom stereocenters. The number of ether oxygens (including phenoxy) is 1. The Morgan fingerprint density at radius 2 is 2.11 bits per heavy atom. The Morgan fingerprint density at radius 1 is 1.36 bits per heavy atom. The Bertz CT molecular complexity index is 879. The number of esters is 1. The molecule has 8 heteroatoms. The van der Waals surface area contributed by atoms with E-state index in [9.17, 15) is 14.0 Å². The van der Waals surface area contributed by atoms with Gasteiger partial charge >= 0.3 is 5.97 Å². The van der Waals surface area contributed by atoms with E-state index in [-0.39, 0.29) is 35.5 Å². The van der Waals surface area contributed by atoms with E-state index in [0.29, 0.717) is 11.9 Å². The number of hydrogen-bond donors (Lipinski definition) is 3. The molecule has 1 saturated carbocycles. The number of methoxy groups -OCH3 is 1. The highest BCUT2D eigenvalue weighted by molar-refractivity contribution is 5.89. The SMILES string of the molecule is COC(=O)C(Cc1c[nH]c2cc(F)ccc12)NC(=O)C1CC12CCNCC2.Cl. The van der Waals surface area contributed by atoms with Crippen molar-refractivity contribution in [2.45, 2.75) is 31.7 Å². The molecular formula is C20H25ClFN3O3. The molecule has 2 fully saturated rings. The molecule has 2 aromatic rings. The zero-order valence-electron chi connectivity index (χ0n) is 15.7. The fourth-order valence-corrected chi connectivity index (χ4v) is 4.35. The molecule has 3 N–H and O–H groups in total. The van der Waals surface area contributed by atoms with Crippen molar-refractivity contribution >= 4 is 35.2 Å². The van der Waals surface area contributed by atoms with Crippen LogP contribution in [0.25, 0.3) is 10.9 Å². The first-order chi connectivity index (χ1) is 13.0. The Hall–Kier alpha value is -2.12. The first-order valence-corrected chi connectivity index (χ1v) is 9.37. The van der Waals surface area contributed by atoms with E-state index < -0.39 is 12.0 Å². The molecule has 1 spiro atoms. The number of carbonyl (C=O) groups is 2. The van der Waals surface area contributed by atoms with Gasteiger partial charge in [0.05, 0.1) is 7.11 Å². The number of aromatic amines is 1. The molecule has 1 aliphatic heterocycles. The van der Waals surface area contributed by atoms with Crippen LogP contribution < -0.4 is 10.6 Å². The molecule has 2 aliphatic rings. The number of rotatable bonds is 5. The maximum atomic E-state index is 13.4. The number of benzene rings is 1. The summed E-state index contributed by atoms with van der Waals surface area (Å²) in [5.74, 6) is -0.892. The van der Waals surface area contributed by atoms with E-state index in [4.69, 9.17) is 4.74 Å². The molecule has 1 aromatic carbocycles. The third kappa shape index (κ3) is 3.86. The second-order valence-electron chi connectivity index (χ2n) is 7.66. The van der Waals surface area contributed by atoms with Gasteiger partial charge in [-0.15, -0.1) is 12.4 Å². The van der Waals surface area contributed by atoms with Crippen LogP contribution >= 0.6 is 12.4 Å². The lowest BCUT2D eigenvalue weighted by atomic mass is 9.91. The number of aromatic nitrogens is 1. The minimum Gasteiger partial charge on any atom is -0.467 e. The van der Waals surface area contributed by atoms with Gasteiger partial charge in [-0.25, -0.2) is 9.18 Å². The molecule has 6 nitrogen and oxygen atoms in total. The highest BCUT2D eigenvalue weighted by atomic mass is 35.5. The predicted octanol–water partition coefficient (Wildman–Crippen LogP) is 2.32. The van der Waals surface area contributed by atoms with Crippen molar-refractivity contribution in [1.29, 1.82) is 0 Å². The van der Waals surface area contributed by atoms with Crippen LogP contribution in [-0.4, -0.2) is 43.1 Å². The third-order valence-electron chi connectivity index (χ3n) is 6.06. The summed E-state index contributed by atoms with van der Waals surface area (Å²) < 4.78 is 18.3. The largest absolute Gasteiger partial charge is 0.467 e. The van der Waals surface area contributed by atoms with Gasteiger partial charge in [0.2, 0.25) is 5.91 Å². The lowest BCUT2D eigenvalue weighted by molar-refractivity contribution is -0.145. The molecule has 152 valence electrons. The molecule has 2 heterocycles. The number of H-pyrrole nitrogens is 1. The van der Waals surface area contributed by atoms with Gasteiger partial charge in [-0.2, -0.15) is 0 Å². The summed E-state index contributed by atoms with van der Waals surface area (Å²) in [6.07, 6.45) is 4.94. The number of carbonyl (C=O) groups excluding carboxylic acids is 2. The molecule has 4 rings (SSSR count). The van der Waals surface area contributed by atoms with Crippen LogP contribution in [0.15, 0.2) is 24.4 Å². The maximum Gasteiger partial charge on any atom is 0.328 e. The Balaban J connectivity index is 0.00000225. The maximum absolute atomic E-state index is 13.4. The predicted molar refractivity (Wildman–Crippen MR) is 106 cm³/mol. The lowest BCUT2D eigenvalue weighted by Gasteiger charge is -2.24. The number of hydrogen-bond acceptors (Lipinski definition) is 4. The number of nitrogens with one attached hydrogen (secondary N) is 3. The monoisotopic (exact) mass is 409 g/mol. The second-order valence-corrected chi connectivity index (χ2v) is 7.66. The van der Waals surface area contributed by atoms with Gasteiger partial charge in [0.15, 0.2) is 0 Å². The fraction of sp³-hybridized carbons (Fsp3) is 0.500. The molecule has 2 unspecified atom stereocenters. The van der Waals surface area contributed by atoms with Crippen molar-refractivity contribution in [3.05, 3.63) is 35.8 Å². The minimum absolute atomic E-state index is 0. The summed E-state index contributed by atoms with van der Waals surface area (Å²) in [5, 5.41) is 7.05. The van der Waals surface area contributed by atoms with E-state index >= 15 is 0 Å². The van der Waals surface area contributed by atoms with Gasteiger partial charge < -0.3 is 20.4 Å². The van der Waals surface area contributed by atoms with E-state index in [1.807, 2.05) is 0 Å². The van der Waals surface area contributed by atoms with Crippen LogP contribution in [-0.2, 0) is 20.7 Å². The quantitative estimate of drug-likeness (QED) is 0.662. The zero-order chi connectivity index (χ0) is 19.0. The number of halogens is 2. The molecule has 1 aliphatic carbocycles. The van der Waals surface area contributed by atoms with Crippen molar-refractivity contribution in [2.75, 3.05) is 20.2 Å². The van der Waals surface area contributed by atoms with E-state index in [1.54, 1.807) is 12.3 Å². The summed E-state index contributed by atoms with van der Waals surface area (Å²) in [5.41, 5.74) is 1.61. The zero-order valence-corrected chi connectivity index (χ0v) is 16.5. The smallest absolute Gasteiger partial charge is 0.328 e. The van der Waals surface area contributed by atoms with Crippen molar-refractivity contribution in [3.63, 3.8) is 0 Å². The van der Waals surface area contributed by atoms with Gasteiger partial charge in [0, 0.05) is 29.4 Å². The fourth-order valence-electron chi connectivity index (χ4n) is 4.35. The van der Waals surface area contributed by atoms with Crippen molar-refractivity contribution < 1.29 is 18.7 Å². The first-order valence-electron chi connectivity index (χ1n) is 9.37. The molecule has 1 amide bonds. The molecular weight excluding hydrogens is 385 g/mol. The van der Waals surface area contributed by atoms with Gasteiger partial charge in [-0.3, -0.25) is 4.79 Å². The Labute approximate surface area is 169 Å². The van der Waals surface area contributed by atoms with Crippen LogP contribution in [0.5, 0.6) is 0 Å². The average Bonchev–Trinajstić information content (AvgIpc) is 3.22. The summed E-state index contributed by atoms with van der Waals surface area (Å²) in [6.45, 7) is 1.88. The van der Waals surface area contributed by atoms with Crippen molar-refractivity contribution in [2.24, 2.45) is 11.3 Å². The normalized spacial score (nSPS) is 21.0. The summed E-state index contributed by atoms with van der Waals surface area (Å²) in [7, 11) is 1.32. The summed E-state index contributed by atoms with van der Waals surface area (Å²) >= 11 is 0. The van der Waals surface area contributed by atoms with Crippen LogP contribution in [0.4, 0.5) is 4.39 Å². The Morgan fingerprint density at radius 3 is 2.82 bits per heavy atom. The van der Waals surface area contributed by atoms with Gasteiger partial charge in [0.25, 0.3) is 0 Å². The lowest BCUT2D eigenvalue weighted by Crippen LogP contribution is -2.44. The minimum atomic E-state index is -0.758. The van der Waals surface area contributed by atoms with Crippen LogP contribution in [0.3, 0.4) is 0 Å². The standard InChI is InChI=1S/C20H24FN3O3.ClH/c1-27-19(26)17(8-12-11-23-16-9-13(21)2-3-14(12)16)24-18(25)15-10-20(15)4-6-22-7-5-20;/h2-3,9,11,15,17,22-23H,4-8,10H2,1H3,(H,24,25);1H. The second kappa shape index (κ2) is 8.09. The van der Waals surface area contributed by atoms with Crippen molar-refractivity contribution in [3.8, 4) is 0 Å². The van der Waals surface area contributed by atoms with Crippen LogP contribution in [0.1, 0.15) is 24.8 Å². The first kappa shape index (κ1) is 20.6. The molecule has 0 radical (unpaired) electrons. The van der Waals surface area contributed by atoms with E-state index in [2.05, 4.69) is 15.6 Å². The highest BCUT2D eigenvalue weighted by Crippen LogP contribution is 2.58. The number of amides is 1. The van der Waals surface area contributed by atoms with Gasteiger partial charge in [-0.1, -0.05) is 0 Å².